The average molecular weight is 272 g/mol. The topological polar surface area (TPSA) is 116 Å². The molecule has 0 aromatic carbocycles. The van der Waals surface area contributed by atoms with Crippen LogP contribution in [0.4, 0.5) is 0 Å². The monoisotopic (exact) mass is 272 g/mol. The number of hydrogen-bond donors (Lipinski definition) is 3. The van der Waals surface area contributed by atoms with Gasteiger partial charge in [0, 0.05) is 25.8 Å². The lowest BCUT2D eigenvalue weighted by atomic mass is 9.92. The zero-order valence-electron chi connectivity index (χ0n) is 11.0. The number of aromatic nitrogens is 3. The number of aliphatic hydroxyl groups is 2. The van der Waals surface area contributed by atoms with Crippen LogP contribution in [-0.4, -0.2) is 56.9 Å². The van der Waals surface area contributed by atoms with Crippen LogP contribution in [0.25, 0.3) is 0 Å². The Hall–Kier alpha value is -1.06. The Morgan fingerprint density at radius 3 is 2.79 bits per heavy atom. The summed E-state index contributed by atoms with van der Waals surface area (Å²) < 4.78 is 12.3. The normalized spacial score (nSPS) is 35.5. The van der Waals surface area contributed by atoms with Crippen molar-refractivity contribution in [2.45, 2.75) is 44.6 Å². The fourth-order valence-corrected chi connectivity index (χ4v) is 2.20. The molecule has 8 heteroatoms. The minimum Gasteiger partial charge on any atom is -0.390 e. The molecule has 0 radical (unpaired) electrons. The number of methoxy groups -OCH3 is 1. The maximum Gasteiger partial charge on any atom is 0.162 e. The average Bonchev–Trinajstić information content (AvgIpc) is 2.87. The molecule has 4 N–H and O–H groups in total. The van der Waals surface area contributed by atoms with E-state index in [0.717, 1.165) is 0 Å². The van der Waals surface area contributed by atoms with Crippen molar-refractivity contribution in [3.05, 3.63) is 11.9 Å². The summed E-state index contributed by atoms with van der Waals surface area (Å²) in [7, 11) is 1.50. The minimum atomic E-state index is -0.994. The Morgan fingerprint density at radius 1 is 1.47 bits per heavy atom. The summed E-state index contributed by atoms with van der Waals surface area (Å²) in [4.78, 5) is 0. The molecule has 3 unspecified atom stereocenters. The lowest BCUT2D eigenvalue weighted by Crippen LogP contribution is -2.55. The summed E-state index contributed by atoms with van der Waals surface area (Å²) in [6.07, 6.45) is -1.38. The fraction of sp³-hybridized carbons (Fsp3) is 0.818. The van der Waals surface area contributed by atoms with Gasteiger partial charge in [0.15, 0.2) is 6.29 Å². The highest BCUT2D eigenvalue weighted by Gasteiger charge is 2.42. The summed E-state index contributed by atoms with van der Waals surface area (Å²) in [6.45, 7) is 2.34. The van der Waals surface area contributed by atoms with Gasteiger partial charge < -0.3 is 25.4 Å². The maximum absolute atomic E-state index is 10.0. The van der Waals surface area contributed by atoms with Crippen LogP contribution in [-0.2, 0) is 22.6 Å². The quantitative estimate of drug-likeness (QED) is 0.608. The molecular weight excluding hydrogens is 252 g/mol. The van der Waals surface area contributed by atoms with Gasteiger partial charge in [-0.3, -0.25) is 0 Å². The number of hydrogen-bond acceptors (Lipinski definition) is 7. The number of nitrogens with two attached hydrogens (primary N) is 1. The summed E-state index contributed by atoms with van der Waals surface area (Å²) in [5, 5.41) is 27.7. The van der Waals surface area contributed by atoms with E-state index in [-0.39, 0.29) is 12.5 Å². The van der Waals surface area contributed by atoms with Crippen LogP contribution < -0.4 is 5.73 Å². The molecule has 0 spiro atoms. The van der Waals surface area contributed by atoms with Crippen LogP contribution in [0, 0.1) is 5.92 Å². The van der Waals surface area contributed by atoms with Crippen LogP contribution in [0.1, 0.15) is 12.6 Å². The van der Waals surface area contributed by atoms with Crippen molar-refractivity contribution in [3.63, 3.8) is 0 Å². The third-order valence-corrected chi connectivity index (χ3v) is 3.40. The van der Waals surface area contributed by atoms with Crippen LogP contribution in [0.2, 0.25) is 0 Å². The molecule has 1 aliphatic rings. The minimum absolute atomic E-state index is 0.276. The molecule has 1 aromatic heterocycles. The fourth-order valence-electron chi connectivity index (χ4n) is 2.20. The first-order valence-electron chi connectivity index (χ1n) is 6.20. The van der Waals surface area contributed by atoms with Crippen molar-refractivity contribution in [2.24, 2.45) is 11.7 Å². The Bertz CT molecular complexity index is 411. The van der Waals surface area contributed by atoms with Gasteiger partial charge in [-0.05, 0) is 0 Å². The molecule has 1 aliphatic heterocycles. The predicted molar refractivity (Wildman–Crippen MR) is 64.8 cm³/mol. The lowest BCUT2D eigenvalue weighted by Gasteiger charge is -2.40. The zero-order valence-corrected chi connectivity index (χ0v) is 11.0. The largest absolute Gasteiger partial charge is 0.390 e. The Morgan fingerprint density at radius 2 is 2.21 bits per heavy atom. The van der Waals surface area contributed by atoms with Gasteiger partial charge in [-0.2, -0.15) is 0 Å². The van der Waals surface area contributed by atoms with E-state index in [9.17, 15) is 10.2 Å². The molecule has 108 valence electrons. The molecule has 8 nitrogen and oxygen atoms in total. The first-order chi connectivity index (χ1) is 9.06. The van der Waals surface area contributed by atoms with E-state index in [0.29, 0.717) is 12.2 Å². The highest BCUT2D eigenvalue weighted by atomic mass is 16.7. The van der Waals surface area contributed by atoms with Crippen molar-refractivity contribution in [1.29, 1.82) is 0 Å². The molecule has 2 heterocycles. The van der Waals surface area contributed by atoms with E-state index in [4.69, 9.17) is 15.2 Å². The molecule has 19 heavy (non-hydrogen) atoms. The maximum atomic E-state index is 10.0. The van der Waals surface area contributed by atoms with E-state index in [2.05, 4.69) is 10.3 Å². The summed E-state index contributed by atoms with van der Waals surface area (Å²) in [5.41, 5.74) is 6.11. The molecule has 5 atom stereocenters. The smallest absolute Gasteiger partial charge is 0.162 e. The first-order valence-corrected chi connectivity index (χ1v) is 6.20. The molecule has 1 fully saturated rings. The first kappa shape index (κ1) is 14.4. The van der Waals surface area contributed by atoms with Gasteiger partial charge in [0.1, 0.15) is 12.2 Å². The van der Waals surface area contributed by atoms with E-state index < -0.39 is 24.6 Å². The number of ether oxygens (including phenoxy) is 2. The Kier molecular flexibility index (Phi) is 4.48. The SMILES string of the molecule is CO[C@H]1OC(Cn2cc(CN)nn2)[C@@H](O)C(O)C1C. The summed E-state index contributed by atoms with van der Waals surface area (Å²) >= 11 is 0. The number of rotatable bonds is 4. The van der Waals surface area contributed by atoms with Crippen LogP contribution in [0.3, 0.4) is 0 Å². The molecular formula is C11H20N4O4. The standard InChI is InChI=1S/C11H20N4O4/c1-6-9(16)10(17)8(19-11(6)18-2)5-15-4-7(3-12)13-14-15/h4,6,8-11,16-17H,3,5,12H2,1-2H3/t6?,8?,9?,10-,11+/m1/s1. The van der Waals surface area contributed by atoms with Crippen molar-refractivity contribution >= 4 is 0 Å². The van der Waals surface area contributed by atoms with Crippen molar-refractivity contribution in [3.8, 4) is 0 Å². The van der Waals surface area contributed by atoms with Crippen molar-refractivity contribution < 1.29 is 19.7 Å². The van der Waals surface area contributed by atoms with Crippen LogP contribution >= 0.6 is 0 Å². The van der Waals surface area contributed by atoms with Gasteiger partial charge in [0.25, 0.3) is 0 Å². The molecule has 0 bridgehead atoms. The molecule has 0 amide bonds. The predicted octanol–water partition coefficient (Wildman–Crippen LogP) is -1.53. The molecule has 2 rings (SSSR count). The summed E-state index contributed by atoms with van der Waals surface area (Å²) in [6, 6.07) is 0. The third kappa shape index (κ3) is 2.93. The van der Waals surface area contributed by atoms with E-state index in [1.54, 1.807) is 13.1 Å². The van der Waals surface area contributed by atoms with E-state index in [1.807, 2.05) is 0 Å². The third-order valence-electron chi connectivity index (χ3n) is 3.40. The zero-order chi connectivity index (χ0) is 14.0. The van der Waals surface area contributed by atoms with Crippen molar-refractivity contribution in [1.82, 2.24) is 15.0 Å². The van der Waals surface area contributed by atoms with Gasteiger partial charge in [-0.1, -0.05) is 12.1 Å². The van der Waals surface area contributed by atoms with E-state index >= 15 is 0 Å². The van der Waals surface area contributed by atoms with Crippen LogP contribution in [0.15, 0.2) is 6.20 Å². The van der Waals surface area contributed by atoms with Crippen LogP contribution in [0.5, 0.6) is 0 Å². The second-order valence-corrected chi connectivity index (χ2v) is 4.75. The molecule has 1 saturated heterocycles. The van der Waals surface area contributed by atoms with Gasteiger partial charge in [0.05, 0.1) is 18.3 Å². The number of nitrogens with zero attached hydrogens (tertiary/aromatic N) is 3. The van der Waals surface area contributed by atoms with Gasteiger partial charge in [-0.25, -0.2) is 4.68 Å². The molecule has 0 aliphatic carbocycles. The highest BCUT2D eigenvalue weighted by molar-refractivity contribution is 4.92. The van der Waals surface area contributed by atoms with Gasteiger partial charge in [-0.15, -0.1) is 5.10 Å². The Labute approximate surface area is 111 Å². The van der Waals surface area contributed by atoms with Crippen molar-refractivity contribution in [2.75, 3.05) is 7.11 Å². The molecule has 0 saturated carbocycles. The van der Waals surface area contributed by atoms with E-state index in [1.165, 1.54) is 11.8 Å². The van der Waals surface area contributed by atoms with Gasteiger partial charge in [0.2, 0.25) is 0 Å². The lowest BCUT2D eigenvalue weighted by molar-refractivity contribution is -0.272. The highest BCUT2D eigenvalue weighted by Crippen LogP contribution is 2.27. The number of aliphatic hydroxyl groups excluding tert-OH is 2. The second kappa shape index (κ2) is 5.93. The van der Waals surface area contributed by atoms with Gasteiger partial charge >= 0.3 is 0 Å². The summed E-state index contributed by atoms with van der Waals surface area (Å²) in [5.74, 6) is -0.299. The second-order valence-electron chi connectivity index (χ2n) is 4.75. The Balaban J connectivity index is 2.06. The molecule has 1 aromatic rings.